The Kier molecular flexibility index (Phi) is 3.51. The van der Waals surface area contributed by atoms with Gasteiger partial charge < -0.3 is 15.6 Å². The summed E-state index contributed by atoms with van der Waals surface area (Å²) in [6.07, 6.45) is 2.42. The number of anilines is 1. The molecule has 1 fully saturated rings. The van der Waals surface area contributed by atoms with E-state index in [0.29, 0.717) is 17.4 Å². The van der Waals surface area contributed by atoms with Gasteiger partial charge in [0.15, 0.2) is 0 Å². The third kappa shape index (κ3) is 2.72. The van der Waals surface area contributed by atoms with Crippen LogP contribution in [0.4, 0.5) is 11.6 Å². The summed E-state index contributed by atoms with van der Waals surface area (Å²) in [4.78, 5) is 17.8. The number of hydrogen-bond acceptors (Lipinski definition) is 5. The van der Waals surface area contributed by atoms with Crippen LogP contribution in [0.25, 0.3) is 11.0 Å². The molecule has 1 aromatic carbocycles. The van der Waals surface area contributed by atoms with Crippen LogP contribution in [0, 0.1) is 16.0 Å². The number of hydrogen-bond donors (Lipinski definition) is 3. The van der Waals surface area contributed by atoms with Crippen LogP contribution >= 0.6 is 0 Å². The second-order valence-corrected chi connectivity index (χ2v) is 5.14. The number of nitrogens with zero attached hydrogens (tertiary/aromatic N) is 2. The van der Waals surface area contributed by atoms with Crippen molar-refractivity contribution in [3.05, 3.63) is 28.3 Å². The van der Waals surface area contributed by atoms with Crippen molar-refractivity contribution < 1.29 is 4.92 Å². The van der Waals surface area contributed by atoms with E-state index < -0.39 is 4.92 Å². The number of aromatic nitrogens is 2. The summed E-state index contributed by atoms with van der Waals surface area (Å²) in [5.41, 5.74) is 1.49. The maximum atomic E-state index is 10.7. The van der Waals surface area contributed by atoms with Crippen molar-refractivity contribution in [1.82, 2.24) is 15.3 Å². The molecule has 0 spiro atoms. The lowest BCUT2D eigenvalue weighted by Gasteiger charge is -2.22. The van der Waals surface area contributed by atoms with Crippen LogP contribution in [0.2, 0.25) is 0 Å². The fourth-order valence-electron chi connectivity index (χ4n) is 2.53. The number of non-ortho nitro benzene ring substituents is 1. The number of nitro benzene ring substituents is 1. The molecule has 2 heterocycles. The summed E-state index contributed by atoms with van der Waals surface area (Å²) < 4.78 is 0. The number of piperidine rings is 1. The lowest BCUT2D eigenvalue weighted by Crippen LogP contribution is -2.33. The molecule has 2 aromatic rings. The second-order valence-electron chi connectivity index (χ2n) is 5.14. The number of imidazole rings is 1. The highest BCUT2D eigenvalue weighted by molar-refractivity contribution is 5.79. The van der Waals surface area contributed by atoms with E-state index in [4.69, 9.17) is 0 Å². The molecule has 1 aliphatic rings. The SMILES string of the molecule is O=[N+]([O-])c1ccc2nc(NC[C@@H]3CCCNC3)[nH]c2c1. The smallest absolute Gasteiger partial charge is 0.271 e. The molecule has 0 saturated carbocycles. The Morgan fingerprint density at radius 1 is 1.50 bits per heavy atom. The molecule has 3 rings (SSSR count). The van der Waals surface area contributed by atoms with E-state index in [1.54, 1.807) is 6.07 Å². The predicted octanol–water partition coefficient (Wildman–Crippen LogP) is 1.88. The maximum absolute atomic E-state index is 10.7. The zero-order chi connectivity index (χ0) is 13.9. The molecule has 1 saturated heterocycles. The Balaban J connectivity index is 1.70. The van der Waals surface area contributed by atoms with Crippen LogP contribution in [-0.2, 0) is 0 Å². The number of fused-ring (bicyclic) bond motifs is 1. The summed E-state index contributed by atoms with van der Waals surface area (Å²) in [6, 6.07) is 4.64. The van der Waals surface area contributed by atoms with Crippen molar-refractivity contribution in [2.24, 2.45) is 5.92 Å². The molecule has 7 heteroatoms. The van der Waals surface area contributed by atoms with Gasteiger partial charge in [0.1, 0.15) is 0 Å². The Bertz CT molecular complexity index is 618. The number of nitrogens with one attached hydrogen (secondary N) is 3. The van der Waals surface area contributed by atoms with E-state index in [1.807, 2.05) is 0 Å². The van der Waals surface area contributed by atoms with Gasteiger partial charge in [0, 0.05) is 18.7 Å². The molecule has 1 atom stereocenters. The van der Waals surface area contributed by atoms with E-state index in [2.05, 4.69) is 20.6 Å². The first-order chi connectivity index (χ1) is 9.72. The van der Waals surface area contributed by atoms with Gasteiger partial charge in [-0.15, -0.1) is 0 Å². The van der Waals surface area contributed by atoms with E-state index in [-0.39, 0.29) is 5.69 Å². The van der Waals surface area contributed by atoms with E-state index in [9.17, 15) is 10.1 Å². The van der Waals surface area contributed by atoms with Crippen LogP contribution in [0.3, 0.4) is 0 Å². The van der Waals surface area contributed by atoms with Gasteiger partial charge in [-0.2, -0.15) is 0 Å². The predicted molar refractivity (Wildman–Crippen MR) is 76.8 cm³/mol. The minimum absolute atomic E-state index is 0.0733. The normalized spacial score (nSPS) is 19.1. The summed E-state index contributed by atoms with van der Waals surface area (Å²) in [5, 5.41) is 17.4. The van der Waals surface area contributed by atoms with Gasteiger partial charge in [-0.05, 0) is 37.9 Å². The largest absolute Gasteiger partial charge is 0.355 e. The molecule has 0 amide bonds. The van der Waals surface area contributed by atoms with Crippen molar-refractivity contribution in [1.29, 1.82) is 0 Å². The molecule has 106 valence electrons. The summed E-state index contributed by atoms with van der Waals surface area (Å²) in [5.74, 6) is 1.28. The molecular weight excluding hydrogens is 258 g/mol. The Labute approximate surface area is 115 Å². The molecular formula is C13H17N5O2. The van der Waals surface area contributed by atoms with E-state index >= 15 is 0 Å². The molecule has 20 heavy (non-hydrogen) atoms. The van der Waals surface area contributed by atoms with Crippen molar-refractivity contribution in [2.45, 2.75) is 12.8 Å². The number of rotatable bonds is 4. The van der Waals surface area contributed by atoms with Crippen molar-refractivity contribution >= 4 is 22.7 Å². The van der Waals surface area contributed by atoms with Crippen LogP contribution in [0.15, 0.2) is 18.2 Å². The minimum Gasteiger partial charge on any atom is -0.355 e. The fourth-order valence-corrected chi connectivity index (χ4v) is 2.53. The molecule has 3 N–H and O–H groups in total. The Hall–Kier alpha value is -2.15. The van der Waals surface area contributed by atoms with Crippen LogP contribution in [-0.4, -0.2) is 34.5 Å². The van der Waals surface area contributed by atoms with Gasteiger partial charge in [0.05, 0.1) is 16.0 Å². The minimum atomic E-state index is -0.402. The maximum Gasteiger partial charge on any atom is 0.271 e. The third-order valence-electron chi connectivity index (χ3n) is 3.63. The average Bonchev–Trinajstić information content (AvgIpc) is 2.88. The first kappa shape index (κ1) is 12.9. The molecule has 1 aromatic heterocycles. The van der Waals surface area contributed by atoms with Crippen molar-refractivity contribution in [3.63, 3.8) is 0 Å². The number of aromatic amines is 1. The second kappa shape index (κ2) is 5.46. The van der Waals surface area contributed by atoms with Crippen LogP contribution in [0.1, 0.15) is 12.8 Å². The highest BCUT2D eigenvalue weighted by atomic mass is 16.6. The van der Waals surface area contributed by atoms with Crippen molar-refractivity contribution in [2.75, 3.05) is 25.0 Å². The van der Waals surface area contributed by atoms with E-state index in [1.165, 1.54) is 25.0 Å². The van der Waals surface area contributed by atoms with Gasteiger partial charge in [0.25, 0.3) is 5.69 Å². The molecule has 0 aliphatic carbocycles. The number of benzene rings is 1. The zero-order valence-electron chi connectivity index (χ0n) is 11.1. The summed E-state index contributed by atoms with van der Waals surface area (Å²) in [7, 11) is 0. The first-order valence-corrected chi connectivity index (χ1v) is 6.81. The van der Waals surface area contributed by atoms with Gasteiger partial charge >= 0.3 is 0 Å². The van der Waals surface area contributed by atoms with Gasteiger partial charge in [-0.1, -0.05) is 0 Å². The number of nitro groups is 1. The average molecular weight is 275 g/mol. The Morgan fingerprint density at radius 2 is 2.40 bits per heavy atom. The van der Waals surface area contributed by atoms with Crippen LogP contribution < -0.4 is 10.6 Å². The fraction of sp³-hybridized carbons (Fsp3) is 0.462. The molecule has 0 bridgehead atoms. The van der Waals surface area contributed by atoms with Gasteiger partial charge in [-0.25, -0.2) is 4.98 Å². The Morgan fingerprint density at radius 3 is 3.15 bits per heavy atom. The third-order valence-corrected chi connectivity index (χ3v) is 3.63. The lowest BCUT2D eigenvalue weighted by atomic mass is 10.00. The van der Waals surface area contributed by atoms with Gasteiger partial charge in [0.2, 0.25) is 5.95 Å². The molecule has 0 radical (unpaired) electrons. The standard InChI is InChI=1S/C13H17N5O2/c19-18(20)10-3-4-11-12(6-10)17-13(16-11)15-8-9-2-1-5-14-7-9/h3-4,6,9,14H,1-2,5,7-8H2,(H2,15,16,17)/t9-/m1/s1. The monoisotopic (exact) mass is 275 g/mol. The zero-order valence-corrected chi connectivity index (χ0v) is 11.1. The summed E-state index contributed by atoms with van der Waals surface area (Å²) >= 11 is 0. The van der Waals surface area contributed by atoms with E-state index in [0.717, 1.165) is 25.2 Å². The number of H-pyrrole nitrogens is 1. The lowest BCUT2D eigenvalue weighted by molar-refractivity contribution is -0.384. The van der Waals surface area contributed by atoms with Crippen LogP contribution in [0.5, 0.6) is 0 Å². The van der Waals surface area contributed by atoms with Crippen molar-refractivity contribution in [3.8, 4) is 0 Å². The quantitative estimate of drug-likeness (QED) is 0.585. The highest BCUT2D eigenvalue weighted by Crippen LogP contribution is 2.20. The summed E-state index contributed by atoms with van der Waals surface area (Å²) in [6.45, 7) is 2.98. The molecule has 7 nitrogen and oxygen atoms in total. The van der Waals surface area contributed by atoms with Gasteiger partial charge in [-0.3, -0.25) is 10.1 Å². The topological polar surface area (TPSA) is 95.9 Å². The first-order valence-electron chi connectivity index (χ1n) is 6.81. The molecule has 1 aliphatic heterocycles. The highest BCUT2D eigenvalue weighted by Gasteiger charge is 2.14. The molecule has 0 unspecified atom stereocenters.